The van der Waals surface area contributed by atoms with E-state index >= 15 is 0 Å². The lowest BCUT2D eigenvalue weighted by Gasteiger charge is -2.34. The number of aromatic nitrogens is 1. The second-order valence-corrected chi connectivity index (χ2v) is 7.77. The van der Waals surface area contributed by atoms with Gasteiger partial charge in [0.2, 0.25) is 5.91 Å². The van der Waals surface area contributed by atoms with Crippen molar-refractivity contribution in [1.82, 2.24) is 9.88 Å². The minimum atomic E-state index is 0.0240. The molecular weight excluding hydrogens is 372 g/mol. The third-order valence-corrected chi connectivity index (χ3v) is 5.99. The molecule has 2 aliphatic rings. The van der Waals surface area contributed by atoms with Crippen molar-refractivity contribution in [1.29, 1.82) is 5.26 Å². The number of nitrogens with zero attached hydrogens (tertiary/aromatic N) is 4. The Labute approximate surface area is 175 Å². The van der Waals surface area contributed by atoms with E-state index in [0.29, 0.717) is 25.2 Å². The topological polar surface area (TPSA) is 69.3 Å². The number of hydrogen-bond acceptors (Lipinski definition) is 4. The molecule has 1 aromatic heterocycles. The van der Waals surface area contributed by atoms with E-state index in [4.69, 9.17) is 10.3 Å². The standard InChI is InChI=1S/C25H20N4O/c1-16(17-5-3-2-4-6-17)29-15-21-10-23-20(9-19(21)11-24(29)30)14-28-25(23)18-7-8-22(12-26)27-13-18/h2-10,13,16H,11,14-15H2,1H3/t16-/m1/s1. The van der Waals surface area contributed by atoms with Crippen LogP contribution < -0.4 is 0 Å². The van der Waals surface area contributed by atoms with Gasteiger partial charge in [-0.25, -0.2) is 4.98 Å². The average molecular weight is 392 g/mol. The van der Waals surface area contributed by atoms with E-state index in [0.717, 1.165) is 33.5 Å². The minimum absolute atomic E-state index is 0.0240. The van der Waals surface area contributed by atoms with Gasteiger partial charge in [0.05, 0.1) is 24.7 Å². The highest BCUT2D eigenvalue weighted by molar-refractivity contribution is 6.15. The molecule has 0 radical (unpaired) electrons. The fourth-order valence-electron chi connectivity index (χ4n) is 4.30. The summed E-state index contributed by atoms with van der Waals surface area (Å²) < 4.78 is 0. The van der Waals surface area contributed by atoms with Crippen LogP contribution in [0, 0.1) is 11.3 Å². The van der Waals surface area contributed by atoms with E-state index in [9.17, 15) is 4.79 Å². The van der Waals surface area contributed by atoms with Crippen LogP contribution in [0.15, 0.2) is 65.8 Å². The molecule has 0 bridgehead atoms. The number of rotatable bonds is 3. The quantitative estimate of drug-likeness (QED) is 0.678. The van der Waals surface area contributed by atoms with Gasteiger partial charge < -0.3 is 4.90 Å². The van der Waals surface area contributed by atoms with Gasteiger partial charge in [0.15, 0.2) is 0 Å². The van der Waals surface area contributed by atoms with Gasteiger partial charge in [0.1, 0.15) is 11.8 Å². The SMILES string of the molecule is C[C@H](c1ccccc1)N1Cc2cc3c(cc2CC1=O)CN=C3c1ccc(C#N)nc1. The van der Waals surface area contributed by atoms with Crippen molar-refractivity contribution < 1.29 is 4.79 Å². The van der Waals surface area contributed by atoms with Crippen LogP contribution >= 0.6 is 0 Å². The van der Waals surface area contributed by atoms with Crippen LogP contribution in [0.5, 0.6) is 0 Å². The maximum absolute atomic E-state index is 12.9. The molecule has 5 heteroatoms. The monoisotopic (exact) mass is 392 g/mol. The first-order valence-electron chi connectivity index (χ1n) is 10.0. The summed E-state index contributed by atoms with van der Waals surface area (Å²) in [6, 6.07) is 20.2. The largest absolute Gasteiger partial charge is 0.331 e. The van der Waals surface area contributed by atoms with Crippen LogP contribution in [-0.4, -0.2) is 21.5 Å². The molecule has 5 nitrogen and oxygen atoms in total. The Morgan fingerprint density at radius 3 is 2.63 bits per heavy atom. The lowest BCUT2D eigenvalue weighted by atomic mass is 9.90. The van der Waals surface area contributed by atoms with E-state index in [2.05, 4.69) is 36.2 Å². The normalized spacial score (nSPS) is 15.8. The number of fused-ring (bicyclic) bond motifs is 2. The molecule has 2 aliphatic heterocycles. The molecule has 0 saturated carbocycles. The summed E-state index contributed by atoms with van der Waals surface area (Å²) in [7, 11) is 0. The van der Waals surface area contributed by atoms with Gasteiger partial charge in [-0.1, -0.05) is 36.4 Å². The zero-order valence-electron chi connectivity index (χ0n) is 16.7. The molecule has 0 spiro atoms. The summed E-state index contributed by atoms with van der Waals surface area (Å²) in [6.07, 6.45) is 2.13. The summed E-state index contributed by atoms with van der Waals surface area (Å²) in [5.74, 6) is 0.161. The van der Waals surface area contributed by atoms with Crippen LogP contribution in [0.2, 0.25) is 0 Å². The summed E-state index contributed by atoms with van der Waals surface area (Å²) >= 11 is 0. The number of pyridine rings is 1. The van der Waals surface area contributed by atoms with Gasteiger partial charge >= 0.3 is 0 Å². The predicted octanol–water partition coefficient (Wildman–Crippen LogP) is 3.95. The molecule has 3 heterocycles. The number of benzene rings is 2. The Hall–Kier alpha value is -3.78. The molecule has 2 aromatic carbocycles. The predicted molar refractivity (Wildman–Crippen MR) is 114 cm³/mol. The first-order chi connectivity index (χ1) is 14.6. The summed E-state index contributed by atoms with van der Waals surface area (Å²) in [6.45, 7) is 3.29. The Kier molecular flexibility index (Phi) is 4.40. The fraction of sp³-hybridized carbons (Fsp3) is 0.200. The van der Waals surface area contributed by atoms with E-state index in [-0.39, 0.29) is 11.9 Å². The van der Waals surface area contributed by atoms with Crippen LogP contribution in [0.3, 0.4) is 0 Å². The highest BCUT2D eigenvalue weighted by atomic mass is 16.2. The summed E-state index contributed by atoms with van der Waals surface area (Å²) in [5, 5.41) is 8.98. The van der Waals surface area contributed by atoms with Gasteiger partial charge in [-0.3, -0.25) is 9.79 Å². The highest BCUT2D eigenvalue weighted by Gasteiger charge is 2.30. The Balaban J connectivity index is 1.47. The van der Waals surface area contributed by atoms with Gasteiger partial charge in [0, 0.05) is 23.9 Å². The Morgan fingerprint density at radius 2 is 1.90 bits per heavy atom. The molecule has 1 atom stereocenters. The maximum atomic E-state index is 12.9. The van der Waals surface area contributed by atoms with Crippen molar-refractivity contribution in [3.05, 3.63) is 99.9 Å². The second-order valence-electron chi connectivity index (χ2n) is 7.77. The van der Waals surface area contributed by atoms with Gasteiger partial charge in [-0.05, 0) is 47.4 Å². The van der Waals surface area contributed by atoms with Crippen LogP contribution in [0.25, 0.3) is 0 Å². The Bertz CT molecular complexity index is 1210. The van der Waals surface area contributed by atoms with Crippen molar-refractivity contribution in [3.8, 4) is 6.07 Å². The minimum Gasteiger partial charge on any atom is -0.331 e. The first kappa shape index (κ1) is 18.3. The van der Waals surface area contributed by atoms with Crippen molar-refractivity contribution >= 4 is 11.6 Å². The third kappa shape index (κ3) is 3.07. The van der Waals surface area contributed by atoms with Crippen LogP contribution in [0.4, 0.5) is 0 Å². The zero-order valence-corrected chi connectivity index (χ0v) is 16.7. The lowest BCUT2D eigenvalue weighted by molar-refractivity contribution is -0.134. The van der Waals surface area contributed by atoms with Gasteiger partial charge in [0.25, 0.3) is 0 Å². The molecular formula is C25H20N4O. The molecule has 146 valence electrons. The summed E-state index contributed by atoms with van der Waals surface area (Å²) in [5.41, 5.74) is 7.87. The molecule has 0 unspecified atom stereocenters. The van der Waals surface area contributed by atoms with Gasteiger partial charge in [-0.2, -0.15) is 5.26 Å². The third-order valence-electron chi connectivity index (χ3n) is 5.99. The van der Waals surface area contributed by atoms with Crippen molar-refractivity contribution in [2.75, 3.05) is 0 Å². The number of hydrogen-bond donors (Lipinski definition) is 0. The number of carbonyl (C=O) groups is 1. The number of carbonyl (C=O) groups excluding carboxylic acids is 1. The average Bonchev–Trinajstić information content (AvgIpc) is 3.20. The molecule has 0 fully saturated rings. The molecule has 3 aromatic rings. The maximum Gasteiger partial charge on any atom is 0.227 e. The second kappa shape index (κ2) is 7.23. The molecule has 5 rings (SSSR count). The van der Waals surface area contributed by atoms with Crippen molar-refractivity contribution in [2.24, 2.45) is 4.99 Å². The highest BCUT2D eigenvalue weighted by Crippen LogP contribution is 2.33. The lowest BCUT2D eigenvalue weighted by Crippen LogP contribution is -2.38. The fourth-order valence-corrected chi connectivity index (χ4v) is 4.30. The van der Waals surface area contributed by atoms with Gasteiger partial charge in [-0.15, -0.1) is 0 Å². The molecule has 0 N–H and O–H groups in total. The number of aliphatic imine (C=N–C) groups is 1. The van der Waals surface area contributed by atoms with E-state index < -0.39 is 0 Å². The van der Waals surface area contributed by atoms with Crippen molar-refractivity contribution in [3.63, 3.8) is 0 Å². The van der Waals surface area contributed by atoms with E-state index in [1.165, 1.54) is 5.56 Å². The van der Waals surface area contributed by atoms with Crippen molar-refractivity contribution in [2.45, 2.75) is 32.5 Å². The first-order valence-corrected chi connectivity index (χ1v) is 10.0. The van der Waals surface area contributed by atoms with Crippen LogP contribution in [-0.2, 0) is 24.3 Å². The zero-order chi connectivity index (χ0) is 20.7. The smallest absolute Gasteiger partial charge is 0.227 e. The Morgan fingerprint density at radius 1 is 1.07 bits per heavy atom. The molecule has 0 saturated heterocycles. The van der Waals surface area contributed by atoms with E-state index in [1.807, 2.05) is 35.2 Å². The molecule has 1 amide bonds. The molecule has 0 aliphatic carbocycles. The van der Waals surface area contributed by atoms with Crippen LogP contribution in [0.1, 0.15) is 52.0 Å². The van der Waals surface area contributed by atoms with E-state index in [1.54, 1.807) is 12.3 Å². The summed E-state index contributed by atoms with van der Waals surface area (Å²) in [4.78, 5) is 23.7. The molecule has 30 heavy (non-hydrogen) atoms. The number of amides is 1. The number of nitriles is 1.